The predicted molar refractivity (Wildman–Crippen MR) is 120 cm³/mol. The second-order valence-corrected chi connectivity index (χ2v) is 8.50. The molecule has 8 heteroatoms. The third-order valence-electron chi connectivity index (χ3n) is 5.40. The summed E-state index contributed by atoms with van der Waals surface area (Å²) in [5.41, 5.74) is 1.64. The number of rotatable bonds is 5. The number of fused-ring (bicyclic) bond motifs is 1. The third-order valence-corrected chi connectivity index (χ3v) is 6.26. The molecule has 5 rings (SSSR count). The molecule has 2 aliphatic heterocycles. The summed E-state index contributed by atoms with van der Waals surface area (Å²) in [5.74, 6) is 0.641. The van der Waals surface area contributed by atoms with E-state index in [2.05, 4.69) is 0 Å². The molecular weight excluding hydrogens is 428 g/mol. The number of amides is 3. The van der Waals surface area contributed by atoms with Crippen molar-refractivity contribution in [3.05, 3.63) is 70.4 Å². The quantitative estimate of drug-likeness (QED) is 0.551. The molecule has 0 bridgehead atoms. The van der Waals surface area contributed by atoms with E-state index in [-0.39, 0.29) is 30.6 Å². The molecule has 2 aliphatic rings. The van der Waals surface area contributed by atoms with Gasteiger partial charge in [0.25, 0.3) is 5.91 Å². The molecule has 1 fully saturated rings. The topological polar surface area (TPSA) is 76.2 Å². The van der Waals surface area contributed by atoms with E-state index in [1.165, 1.54) is 4.90 Å². The van der Waals surface area contributed by atoms with Gasteiger partial charge in [0.15, 0.2) is 11.5 Å². The normalized spacial score (nSPS) is 15.2. The highest BCUT2D eigenvalue weighted by atomic mass is 32.1. The average Bonchev–Trinajstić information content (AvgIpc) is 3.46. The lowest BCUT2D eigenvalue weighted by atomic mass is 10.1. The van der Waals surface area contributed by atoms with E-state index in [0.717, 1.165) is 4.88 Å². The van der Waals surface area contributed by atoms with Crippen molar-refractivity contribution in [1.82, 2.24) is 0 Å². The van der Waals surface area contributed by atoms with Crippen molar-refractivity contribution in [1.29, 1.82) is 0 Å². The van der Waals surface area contributed by atoms with Crippen molar-refractivity contribution >= 4 is 40.4 Å². The zero-order valence-corrected chi connectivity index (χ0v) is 18.0. The molecule has 0 unspecified atom stereocenters. The van der Waals surface area contributed by atoms with Gasteiger partial charge >= 0.3 is 0 Å². The van der Waals surface area contributed by atoms with Crippen LogP contribution in [0.2, 0.25) is 0 Å². The molecule has 162 valence electrons. The molecule has 1 saturated heterocycles. The molecule has 0 saturated carbocycles. The van der Waals surface area contributed by atoms with Gasteiger partial charge in [0.2, 0.25) is 11.8 Å². The fourth-order valence-corrected chi connectivity index (χ4v) is 4.50. The van der Waals surface area contributed by atoms with E-state index < -0.39 is 0 Å². The molecule has 0 N–H and O–H groups in total. The average molecular weight is 449 g/mol. The van der Waals surface area contributed by atoms with Crippen LogP contribution in [0.5, 0.6) is 11.5 Å². The number of carbonyl (C=O) groups excluding carboxylic acids is 3. The molecule has 0 aliphatic carbocycles. The van der Waals surface area contributed by atoms with Gasteiger partial charge in [0.05, 0.1) is 12.2 Å². The van der Waals surface area contributed by atoms with Gasteiger partial charge in [-0.3, -0.25) is 19.3 Å². The number of nitrogens with zero attached hydrogens (tertiary/aromatic N) is 2. The second-order valence-electron chi connectivity index (χ2n) is 7.47. The summed E-state index contributed by atoms with van der Waals surface area (Å²) in [6.07, 6.45) is 0.441. The maximum atomic E-state index is 13.5. The molecular formula is C24H20N2O5S. The van der Waals surface area contributed by atoms with Crippen LogP contribution in [-0.4, -0.2) is 30.9 Å². The van der Waals surface area contributed by atoms with E-state index in [4.69, 9.17) is 9.47 Å². The lowest BCUT2D eigenvalue weighted by molar-refractivity contribution is -0.121. The third kappa shape index (κ3) is 3.85. The van der Waals surface area contributed by atoms with Gasteiger partial charge in [-0.05, 0) is 47.8 Å². The Kier molecular flexibility index (Phi) is 5.36. The number of imide groups is 1. The Morgan fingerprint density at radius 1 is 0.938 bits per heavy atom. The van der Waals surface area contributed by atoms with Crippen molar-refractivity contribution < 1.29 is 23.9 Å². The van der Waals surface area contributed by atoms with Crippen LogP contribution in [0, 0.1) is 0 Å². The summed E-state index contributed by atoms with van der Waals surface area (Å²) >= 11 is 1.58. The molecule has 3 heterocycles. The summed E-state index contributed by atoms with van der Waals surface area (Å²) in [6, 6.07) is 16.0. The van der Waals surface area contributed by atoms with Crippen LogP contribution in [-0.2, 0) is 16.1 Å². The summed E-state index contributed by atoms with van der Waals surface area (Å²) < 4.78 is 11.3. The van der Waals surface area contributed by atoms with Gasteiger partial charge in [0.1, 0.15) is 13.2 Å². The van der Waals surface area contributed by atoms with Crippen LogP contribution < -0.4 is 19.3 Å². The summed E-state index contributed by atoms with van der Waals surface area (Å²) in [7, 11) is 0. The molecule has 0 spiro atoms. The minimum Gasteiger partial charge on any atom is -0.486 e. The first-order valence-electron chi connectivity index (χ1n) is 10.3. The number of carbonyl (C=O) groups is 3. The molecule has 7 nitrogen and oxygen atoms in total. The fraction of sp³-hybridized carbons (Fsp3) is 0.208. The van der Waals surface area contributed by atoms with Crippen LogP contribution in [0.4, 0.5) is 11.4 Å². The summed E-state index contributed by atoms with van der Waals surface area (Å²) in [5, 5.41) is 1.97. The Balaban J connectivity index is 1.45. The van der Waals surface area contributed by atoms with Gasteiger partial charge in [-0.25, -0.2) is 0 Å². The summed E-state index contributed by atoms with van der Waals surface area (Å²) in [4.78, 5) is 41.4. The minimum atomic E-state index is -0.218. The van der Waals surface area contributed by atoms with Gasteiger partial charge < -0.3 is 14.4 Å². The Labute approximate surface area is 188 Å². The molecule has 32 heavy (non-hydrogen) atoms. The molecule has 0 radical (unpaired) electrons. The Bertz CT molecular complexity index is 1160. The number of thiophene rings is 1. The van der Waals surface area contributed by atoms with Gasteiger partial charge in [0, 0.05) is 35.0 Å². The van der Waals surface area contributed by atoms with E-state index >= 15 is 0 Å². The first-order valence-corrected chi connectivity index (χ1v) is 11.2. The maximum absolute atomic E-state index is 13.5. The van der Waals surface area contributed by atoms with Gasteiger partial charge in [-0.1, -0.05) is 6.07 Å². The maximum Gasteiger partial charge on any atom is 0.258 e. The number of anilines is 2. The van der Waals surface area contributed by atoms with Crippen molar-refractivity contribution in [2.24, 2.45) is 0 Å². The number of ether oxygens (including phenoxy) is 2. The molecule has 3 aromatic rings. The fourth-order valence-electron chi connectivity index (χ4n) is 3.81. The van der Waals surface area contributed by atoms with Crippen LogP contribution in [0.3, 0.4) is 0 Å². The van der Waals surface area contributed by atoms with Crippen molar-refractivity contribution in [3.63, 3.8) is 0 Å². The monoisotopic (exact) mass is 448 g/mol. The summed E-state index contributed by atoms with van der Waals surface area (Å²) in [6.45, 7) is 1.37. The first-order chi connectivity index (χ1) is 15.6. The molecule has 0 atom stereocenters. The van der Waals surface area contributed by atoms with Crippen molar-refractivity contribution in [2.45, 2.75) is 19.4 Å². The van der Waals surface area contributed by atoms with E-state index in [1.54, 1.807) is 40.5 Å². The standard InChI is InChI=1S/C24H20N2O5S/c27-22-9-10-23(28)26(22)17-5-3-16(4-6-17)24(29)25(15-19-2-1-13-32-19)18-7-8-20-21(14-18)31-12-11-30-20/h1-8,13-14H,9-12,15H2. The zero-order chi connectivity index (χ0) is 22.1. The molecule has 1 aromatic heterocycles. The number of benzene rings is 2. The Morgan fingerprint density at radius 2 is 1.66 bits per heavy atom. The van der Waals surface area contributed by atoms with E-state index in [0.29, 0.717) is 48.2 Å². The number of hydrogen-bond donors (Lipinski definition) is 0. The zero-order valence-electron chi connectivity index (χ0n) is 17.2. The second kappa shape index (κ2) is 8.47. The van der Waals surface area contributed by atoms with Crippen molar-refractivity contribution in [3.8, 4) is 11.5 Å². The highest BCUT2D eigenvalue weighted by Gasteiger charge is 2.30. The van der Waals surface area contributed by atoms with E-state index in [9.17, 15) is 14.4 Å². The van der Waals surface area contributed by atoms with Crippen LogP contribution in [0.15, 0.2) is 60.0 Å². The highest BCUT2D eigenvalue weighted by molar-refractivity contribution is 7.09. The Morgan fingerprint density at radius 3 is 2.34 bits per heavy atom. The molecule has 2 aromatic carbocycles. The Hall–Kier alpha value is -3.65. The van der Waals surface area contributed by atoms with Gasteiger partial charge in [-0.15, -0.1) is 11.3 Å². The minimum absolute atomic E-state index is 0.194. The first kappa shape index (κ1) is 20.3. The van der Waals surface area contributed by atoms with Crippen LogP contribution >= 0.6 is 11.3 Å². The SMILES string of the molecule is O=C(c1ccc(N2C(=O)CCC2=O)cc1)N(Cc1cccs1)c1ccc2c(c1)OCCO2. The van der Waals surface area contributed by atoms with E-state index in [1.807, 2.05) is 35.7 Å². The smallest absolute Gasteiger partial charge is 0.258 e. The van der Waals surface area contributed by atoms with Crippen LogP contribution in [0.25, 0.3) is 0 Å². The molecule has 3 amide bonds. The van der Waals surface area contributed by atoms with Gasteiger partial charge in [-0.2, -0.15) is 0 Å². The van der Waals surface area contributed by atoms with Crippen molar-refractivity contribution in [2.75, 3.05) is 23.0 Å². The number of hydrogen-bond acceptors (Lipinski definition) is 6. The van der Waals surface area contributed by atoms with Crippen LogP contribution in [0.1, 0.15) is 28.1 Å². The predicted octanol–water partition coefficient (Wildman–Crippen LogP) is 4.02. The lowest BCUT2D eigenvalue weighted by Crippen LogP contribution is -2.31. The lowest BCUT2D eigenvalue weighted by Gasteiger charge is -2.25. The largest absolute Gasteiger partial charge is 0.486 e. The highest BCUT2D eigenvalue weighted by Crippen LogP contribution is 2.35.